The van der Waals surface area contributed by atoms with Gasteiger partial charge in [-0.05, 0) is 42.2 Å². The van der Waals surface area contributed by atoms with E-state index in [1.165, 1.54) is 17.8 Å². The Bertz CT molecular complexity index is 838. The summed E-state index contributed by atoms with van der Waals surface area (Å²) in [4.78, 5) is 36.7. The van der Waals surface area contributed by atoms with Crippen molar-refractivity contribution in [2.45, 2.75) is 12.5 Å². The second-order valence-corrected chi connectivity index (χ2v) is 6.92. The van der Waals surface area contributed by atoms with Crippen molar-refractivity contribution in [3.05, 3.63) is 77.5 Å². The minimum absolute atomic E-state index is 0.0181. The predicted molar refractivity (Wildman–Crippen MR) is 111 cm³/mol. The Balaban J connectivity index is 2.24. The molecule has 146 valence electrons. The average Bonchev–Trinajstić information content (AvgIpc) is 2.71. The zero-order valence-electron chi connectivity index (χ0n) is 15.4. The molecule has 0 heterocycles. The number of hydrogen-bond acceptors (Lipinski definition) is 4. The largest absolute Gasteiger partial charge is 0.480 e. The van der Waals surface area contributed by atoms with Crippen molar-refractivity contribution < 1.29 is 19.5 Å². The number of aliphatic carboxylic acids is 1. The van der Waals surface area contributed by atoms with Crippen LogP contribution in [-0.2, 0) is 9.59 Å². The second-order valence-electron chi connectivity index (χ2n) is 5.93. The maximum atomic E-state index is 12.7. The molecule has 6 nitrogen and oxygen atoms in total. The zero-order valence-corrected chi connectivity index (χ0v) is 16.2. The number of hydrogen-bond donors (Lipinski definition) is 3. The van der Waals surface area contributed by atoms with Gasteiger partial charge < -0.3 is 15.7 Å². The van der Waals surface area contributed by atoms with E-state index >= 15 is 0 Å². The van der Waals surface area contributed by atoms with Crippen LogP contribution in [0.3, 0.4) is 0 Å². The van der Waals surface area contributed by atoms with Crippen molar-refractivity contribution in [1.82, 2.24) is 10.6 Å². The van der Waals surface area contributed by atoms with Gasteiger partial charge in [-0.1, -0.05) is 48.5 Å². The zero-order chi connectivity index (χ0) is 20.4. The number of carbonyl (C=O) groups excluding carboxylic acids is 2. The maximum absolute atomic E-state index is 12.7. The Morgan fingerprint density at radius 1 is 1.04 bits per heavy atom. The summed E-state index contributed by atoms with van der Waals surface area (Å²) in [5, 5.41) is 14.4. The normalized spacial score (nSPS) is 12.1. The first-order valence-corrected chi connectivity index (χ1v) is 10.1. The molecule has 0 aliphatic carbocycles. The average molecular weight is 398 g/mol. The van der Waals surface area contributed by atoms with Crippen LogP contribution in [0.25, 0.3) is 6.08 Å². The predicted octanol–water partition coefficient (Wildman–Crippen LogP) is 2.78. The lowest BCUT2D eigenvalue weighted by atomic mass is 10.1. The smallest absolute Gasteiger partial charge is 0.326 e. The highest BCUT2D eigenvalue weighted by atomic mass is 32.2. The molecule has 0 saturated heterocycles. The van der Waals surface area contributed by atoms with Crippen molar-refractivity contribution >= 4 is 35.6 Å². The first-order valence-electron chi connectivity index (χ1n) is 8.67. The summed E-state index contributed by atoms with van der Waals surface area (Å²) in [5.41, 5.74) is 1.08. The van der Waals surface area contributed by atoms with Crippen LogP contribution < -0.4 is 10.6 Å². The van der Waals surface area contributed by atoms with E-state index in [9.17, 15) is 19.5 Å². The standard InChI is InChI=1S/C21H22N2O4S/c1-28-13-12-17(21(26)27)22-20(25)18(14-15-8-4-2-5-9-15)23-19(24)16-10-6-3-7-11-16/h2-11,14,17H,12-13H2,1H3,(H,22,25)(H,23,24)(H,26,27)/b18-14+/t17-/m0/s1. The van der Waals surface area contributed by atoms with Crippen LogP contribution in [0.15, 0.2) is 66.4 Å². The Labute approximate surface area is 168 Å². The molecule has 0 unspecified atom stereocenters. The summed E-state index contributed by atoms with van der Waals surface area (Å²) in [6.45, 7) is 0. The van der Waals surface area contributed by atoms with Crippen LogP contribution in [0.4, 0.5) is 0 Å². The highest BCUT2D eigenvalue weighted by Crippen LogP contribution is 2.08. The van der Waals surface area contributed by atoms with E-state index in [-0.39, 0.29) is 12.1 Å². The van der Waals surface area contributed by atoms with Crippen LogP contribution in [0, 0.1) is 0 Å². The van der Waals surface area contributed by atoms with Crippen LogP contribution in [-0.4, -0.2) is 40.9 Å². The van der Waals surface area contributed by atoms with Gasteiger partial charge in [-0.15, -0.1) is 0 Å². The van der Waals surface area contributed by atoms with E-state index in [2.05, 4.69) is 10.6 Å². The third kappa shape index (κ3) is 6.59. The van der Waals surface area contributed by atoms with Gasteiger partial charge in [-0.3, -0.25) is 9.59 Å². The van der Waals surface area contributed by atoms with Crippen molar-refractivity contribution in [1.29, 1.82) is 0 Å². The van der Waals surface area contributed by atoms with E-state index in [1.807, 2.05) is 12.3 Å². The lowest BCUT2D eigenvalue weighted by Crippen LogP contribution is -2.44. The molecule has 0 bridgehead atoms. The Morgan fingerprint density at radius 3 is 2.21 bits per heavy atom. The third-order valence-corrected chi connectivity index (χ3v) is 4.50. The fourth-order valence-electron chi connectivity index (χ4n) is 2.39. The number of carbonyl (C=O) groups is 3. The molecule has 0 spiro atoms. The minimum Gasteiger partial charge on any atom is -0.480 e. The third-order valence-electron chi connectivity index (χ3n) is 3.85. The van der Waals surface area contributed by atoms with Crippen molar-refractivity contribution in [2.75, 3.05) is 12.0 Å². The number of amides is 2. The highest BCUT2D eigenvalue weighted by Gasteiger charge is 2.22. The van der Waals surface area contributed by atoms with Gasteiger partial charge in [-0.2, -0.15) is 11.8 Å². The second kappa shape index (κ2) is 10.9. The number of carboxylic acids is 1. The lowest BCUT2D eigenvalue weighted by Gasteiger charge is -2.16. The lowest BCUT2D eigenvalue weighted by molar-refractivity contribution is -0.141. The van der Waals surface area contributed by atoms with Crippen molar-refractivity contribution in [2.24, 2.45) is 0 Å². The van der Waals surface area contributed by atoms with E-state index in [4.69, 9.17) is 0 Å². The van der Waals surface area contributed by atoms with E-state index in [0.717, 1.165) is 0 Å². The molecule has 0 saturated carbocycles. The molecular formula is C21H22N2O4S. The Morgan fingerprint density at radius 2 is 1.64 bits per heavy atom. The molecule has 2 rings (SSSR count). The molecule has 0 aromatic heterocycles. The first-order chi connectivity index (χ1) is 13.5. The molecule has 3 N–H and O–H groups in total. The molecule has 1 atom stereocenters. The van der Waals surface area contributed by atoms with Crippen LogP contribution in [0.2, 0.25) is 0 Å². The fourth-order valence-corrected chi connectivity index (χ4v) is 2.86. The number of benzene rings is 2. The molecule has 28 heavy (non-hydrogen) atoms. The van der Waals surface area contributed by atoms with E-state index in [0.29, 0.717) is 16.9 Å². The van der Waals surface area contributed by atoms with Gasteiger partial charge in [0.25, 0.3) is 11.8 Å². The van der Waals surface area contributed by atoms with Gasteiger partial charge in [0, 0.05) is 5.56 Å². The van der Waals surface area contributed by atoms with Gasteiger partial charge in [0.1, 0.15) is 11.7 Å². The quantitative estimate of drug-likeness (QED) is 0.565. The fraction of sp³-hybridized carbons (Fsp3) is 0.190. The van der Waals surface area contributed by atoms with Gasteiger partial charge >= 0.3 is 5.97 Å². The first kappa shape index (κ1) is 21.2. The molecule has 0 aliphatic heterocycles. The number of carboxylic acid groups (broad SMARTS) is 1. The molecule has 2 aromatic carbocycles. The van der Waals surface area contributed by atoms with Crippen LogP contribution in [0.5, 0.6) is 0 Å². The maximum Gasteiger partial charge on any atom is 0.326 e. The Hall–Kier alpha value is -3.06. The van der Waals surface area contributed by atoms with E-state index in [1.54, 1.807) is 54.6 Å². The molecule has 0 fully saturated rings. The van der Waals surface area contributed by atoms with Crippen LogP contribution >= 0.6 is 11.8 Å². The Kier molecular flexibility index (Phi) is 8.30. The summed E-state index contributed by atoms with van der Waals surface area (Å²) in [6, 6.07) is 16.5. The van der Waals surface area contributed by atoms with Gasteiger partial charge in [-0.25, -0.2) is 4.79 Å². The summed E-state index contributed by atoms with van der Waals surface area (Å²) in [6.07, 6.45) is 3.67. The van der Waals surface area contributed by atoms with Gasteiger partial charge in [0.2, 0.25) is 0 Å². The monoisotopic (exact) mass is 398 g/mol. The highest BCUT2D eigenvalue weighted by molar-refractivity contribution is 7.98. The summed E-state index contributed by atoms with van der Waals surface area (Å²) in [7, 11) is 0. The molecule has 2 aromatic rings. The van der Waals surface area contributed by atoms with Gasteiger partial charge in [0.05, 0.1) is 0 Å². The summed E-state index contributed by atoms with van der Waals surface area (Å²) in [5.74, 6) is -1.63. The topological polar surface area (TPSA) is 95.5 Å². The summed E-state index contributed by atoms with van der Waals surface area (Å²) < 4.78 is 0. The number of thioether (sulfide) groups is 1. The SMILES string of the molecule is CSCC[C@H](NC(=O)/C(=C\c1ccccc1)NC(=O)c1ccccc1)C(=O)O. The van der Waals surface area contributed by atoms with Crippen molar-refractivity contribution in [3.63, 3.8) is 0 Å². The van der Waals surface area contributed by atoms with Crippen molar-refractivity contribution in [3.8, 4) is 0 Å². The molecule has 7 heteroatoms. The number of nitrogens with one attached hydrogen (secondary N) is 2. The van der Waals surface area contributed by atoms with Crippen LogP contribution in [0.1, 0.15) is 22.3 Å². The molecule has 0 radical (unpaired) electrons. The molecule has 2 amide bonds. The molecule has 0 aliphatic rings. The van der Waals surface area contributed by atoms with E-state index < -0.39 is 23.8 Å². The number of rotatable bonds is 9. The summed E-state index contributed by atoms with van der Waals surface area (Å²) >= 11 is 1.49. The molecular weight excluding hydrogens is 376 g/mol. The van der Waals surface area contributed by atoms with Gasteiger partial charge in [0.15, 0.2) is 0 Å². The minimum atomic E-state index is -1.11.